The van der Waals surface area contributed by atoms with Gasteiger partial charge in [-0.25, -0.2) is 18.2 Å². The van der Waals surface area contributed by atoms with Crippen LogP contribution in [0.5, 0.6) is 0 Å². The zero-order valence-electron chi connectivity index (χ0n) is 9.25. The van der Waals surface area contributed by atoms with Gasteiger partial charge in [0.25, 0.3) is 10.0 Å². The number of ether oxygens (including phenoxy) is 1. The third-order valence-corrected chi connectivity index (χ3v) is 4.15. The molecule has 0 spiro atoms. The smallest absolute Gasteiger partial charge is 0.337 e. The minimum absolute atomic E-state index is 0.0788. The molecule has 2 rings (SSSR count). The van der Waals surface area contributed by atoms with E-state index in [0.29, 0.717) is 0 Å². The van der Waals surface area contributed by atoms with E-state index in [2.05, 4.69) is 9.73 Å². The van der Waals surface area contributed by atoms with Crippen molar-refractivity contribution in [3.05, 3.63) is 23.8 Å². The van der Waals surface area contributed by atoms with Crippen molar-refractivity contribution in [3.63, 3.8) is 0 Å². The molecule has 1 aliphatic heterocycles. The van der Waals surface area contributed by atoms with Crippen molar-refractivity contribution in [2.45, 2.75) is 4.90 Å². The summed E-state index contributed by atoms with van der Waals surface area (Å²) in [4.78, 5) is 15.3. The molecule has 0 atom stereocenters. The van der Waals surface area contributed by atoms with Crippen LogP contribution in [0.1, 0.15) is 10.4 Å². The molecule has 1 aromatic carbocycles. The van der Waals surface area contributed by atoms with Gasteiger partial charge in [-0.05, 0) is 18.2 Å². The molecule has 0 bridgehead atoms. The lowest BCUT2D eigenvalue weighted by Gasteiger charge is -2.19. The Morgan fingerprint density at radius 1 is 1.41 bits per heavy atom. The van der Waals surface area contributed by atoms with Gasteiger partial charge in [0.2, 0.25) is 0 Å². The molecule has 0 amide bonds. The Kier molecular flexibility index (Phi) is 2.62. The SMILES string of the molecule is COC(=O)c1ccc2c(c1)N=CN(C)S2(=O)=O. The number of benzene rings is 1. The van der Waals surface area contributed by atoms with Crippen LogP contribution in [0.25, 0.3) is 0 Å². The Hall–Kier alpha value is -1.89. The molecule has 0 aromatic heterocycles. The average Bonchev–Trinajstić information content (AvgIpc) is 2.33. The van der Waals surface area contributed by atoms with Crippen LogP contribution in [-0.4, -0.2) is 39.2 Å². The zero-order chi connectivity index (χ0) is 12.6. The van der Waals surface area contributed by atoms with Gasteiger partial charge in [-0.15, -0.1) is 0 Å². The Balaban J connectivity index is 2.59. The summed E-state index contributed by atoms with van der Waals surface area (Å²) in [7, 11) is -0.880. The number of hydrogen-bond acceptors (Lipinski definition) is 5. The Labute approximate surface area is 98.6 Å². The van der Waals surface area contributed by atoms with Crippen molar-refractivity contribution < 1.29 is 17.9 Å². The molecule has 0 fully saturated rings. The number of methoxy groups -OCH3 is 1. The number of aliphatic imine (C=N–C) groups is 1. The molecule has 1 heterocycles. The highest BCUT2D eigenvalue weighted by Gasteiger charge is 2.26. The van der Waals surface area contributed by atoms with E-state index < -0.39 is 16.0 Å². The highest BCUT2D eigenvalue weighted by atomic mass is 32.2. The van der Waals surface area contributed by atoms with Gasteiger partial charge in [-0.2, -0.15) is 0 Å². The van der Waals surface area contributed by atoms with Crippen molar-refractivity contribution in [2.75, 3.05) is 14.2 Å². The number of carbonyl (C=O) groups is 1. The molecule has 17 heavy (non-hydrogen) atoms. The van der Waals surface area contributed by atoms with Gasteiger partial charge in [0.15, 0.2) is 0 Å². The van der Waals surface area contributed by atoms with Gasteiger partial charge in [0, 0.05) is 7.05 Å². The standard InChI is InChI=1S/C10H10N2O4S/c1-12-6-11-8-5-7(10(13)16-2)3-4-9(8)17(12,14)15/h3-6H,1-2H3. The van der Waals surface area contributed by atoms with E-state index in [4.69, 9.17) is 0 Å². The number of hydrogen-bond donors (Lipinski definition) is 0. The second-order valence-corrected chi connectivity index (χ2v) is 5.41. The second-order valence-electron chi connectivity index (χ2n) is 3.44. The fourth-order valence-electron chi connectivity index (χ4n) is 1.44. The van der Waals surface area contributed by atoms with Gasteiger partial charge in [0.05, 0.1) is 18.4 Å². The minimum atomic E-state index is -3.54. The van der Waals surface area contributed by atoms with E-state index in [9.17, 15) is 13.2 Å². The summed E-state index contributed by atoms with van der Waals surface area (Å²) in [5.74, 6) is -0.528. The number of fused-ring (bicyclic) bond motifs is 1. The third-order valence-electron chi connectivity index (χ3n) is 2.40. The van der Waals surface area contributed by atoms with Gasteiger partial charge in [-0.1, -0.05) is 0 Å². The summed E-state index contributed by atoms with van der Waals surface area (Å²) in [5.41, 5.74) is 0.508. The monoisotopic (exact) mass is 254 g/mol. The van der Waals surface area contributed by atoms with E-state index in [-0.39, 0.29) is 16.1 Å². The maximum absolute atomic E-state index is 11.9. The number of sulfonamides is 1. The molecule has 90 valence electrons. The normalized spacial score (nSPS) is 16.5. The minimum Gasteiger partial charge on any atom is -0.465 e. The van der Waals surface area contributed by atoms with Gasteiger partial charge < -0.3 is 4.74 Å². The van der Waals surface area contributed by atoms with Crippen LogP contribution in [0.15, 0.2) is 28.1 Å². The molecule has 0 radical (unpaired) electrons. The maximum Gasteiger partial charge on any atom is 0.337 e. The van der Waals surface area contributed by atoms with Crippen molar-refractivity contribution in [1.82, 2.24) is 4.31 Å². The summed E-state index contributed by atoms with van der Waals surface area (Å²) in [6.07, 6.45) is 1.19. The Bertz CT molecular complexity index is 607. The van der Waals surface area contributed by atoms with E-state index >= 15 is 0 Å². The van der Waals surface area contributed by atoms with Crippen LogP contribution < -0.4 is 0 Å². The van der Waals surface area contributed by atoms with E-state index in [0.717, 1.165) is 4.31 Å². The molecule has 1 aromatic rings. The molecule has 0 saturated heterocycles. The Morgan fingerprint density at radius 2 is 2.12 bits per heavy atom. The van der Waals surface area contributed by atoms with Crippen molar-refractivity contribution in [3.8, 4) is 0 Å². The summed E-state index contributed by atoms with van der Waals surface area (Å²) in [6, 6.07) is 4.14. The highest BCUT2D eigenvalue weighted by Crippen LogP contribution is 2.30. The first-order valence-electron chi connectivity index (χ1n) is 4.71. The quantitative estimate of drug-likeness (QED) is 0.693. The largest absolute Gasteiger partial charge is 0.465 e. The molecular weight excluding hydrogens is 244 g/mol. The van der Waals surface area contributed by atoms with Crippen LogP contribution in [0, 0.1) is 0 Å². The second kappa shape index (κ2) is 3.85. The highest BCUT2D eigenvalue weighted by molar-refractivity contribution is 7.89. The summed E-state index contributed by atoms with van der Waals surface area (Å²) < 4.78 is 29.3. The lowest BCUT2D eigenvalue weighted by Crippen LogP contribution is -2.28. The van der Waals surface area contributed by atoms with Gasteiger partial charge in [-0.3, -0.25) is 4.31 Å². The molecule has 6 nitrogen and oxygen atoms in total. The van der Waals surface area contributed by atoms with E-state index in [1.54, 1.807) is 0 Å². The fourth-order valence-corrected chi connectivity index (χ4v) is 2.54. The molecule has 0 unspecified atom stereocenters. The lowest BCUT2D eigenvalue weighted by atomic mass is 10.2. The van der Waals surface area contributed by atoms with Crippen LogP contribution in [-0.2, 0) is 14.8 Å². The lowest BCUT2D eigenvalue weighted by molar-refractivity contribution is 0.0600. The third kappa shape index (κ3) is 1.78. The number of nitrogens with zero attached hydrogens (tertiary/aromatic N) is 2. The van der Waals surface area contributed by atoms with Crippen molar-refractivity contribution in [1.29, 1.82) is 0 Å². The zero-order valence-corrected chi connectivity index (χ0v) is 10.1. The topological polar surface area (TPSA) is 76.0 Å². The van der Waals surface area contributed by atoms with Crippen molar-refractivity contribution >= 4 is 28.0 Å². The number of rotatable bonds is 1. The molecule has 0 aliphatic carbocycles. The number of esters is 1. The van der Waals surface area contributed by atoms with Crippen molar-refractivity contribution in [2.24, 2.45) is 4.99 Å². The first-order valence-corrected chi connectivity index (χ1v) is 6.15. The predicted octanol–water partition coefficient (Wildman–Crippen LogP) is 0.767. The van der Waals surface area contributed by atoms with Crippen LogP contribution in [0.3, 0.4) is 0 Å². The first-order chi connectivity index (χ1) is 7.96. The molecule has 0 saturated carbocycles. The van der Waals surface area contributed by atoms with Gasteiger partial charge >= 0.3 is 5.97 Å². The van der Waals surface area contributed by atoms with E-state index in [1.807, 2.05) is 0 Å². The van der Waals surface area contributed by atoms with Crippen LogP contribution in [0.2, 0.25) is 0 Å². The average molecular weight is 254 g/mol. The van der Waals surface area contributed by atoms with E-state index in [1.165, 1.54) is 38.7 Å². The fraction of sp³-hybridized carbons (Fsp3) is 0.200. The first kappa shape index (κ1) is 11.6. The summed E-state index contributed by atoms with van der Waals surface area (Å²) >= 11 is 0. The molecule has 7 heteroatoms. The number of carbonyl (C=O) groups excluding carboxylic acids is 1. The van der Waals surface area contributed by atoms with Crippen LogP contribution >= 0.6 is 0 Å². The Morgan fingerprint density at radius 3 is 2.76 bits per heavy atom. The maximum atomic E-state index is 11.9. The predicted molar refractivity (Wildman–Crippen MR) is 60.9 cm³/mol. The molecule has 0 N–H and O–H groups in total. The van der Waals surface area contributed by atoms with Crippen LogP contribution in [0.4, 0.5) is 5.69 Å². The summed E-state index contributed by atoms with van der Waals surface area (Å²) in [5, 5.41) is 0. The molecular formula is C10H10N2O4S. The molecule has 1 aliphatic rings. The van der Waals surface area contributed by atoms with Gasteiger partial charge in [0.1, 0.15) is 11.2 Å². The summed E-state index contributed by atoms with van der Waals surface area (Å²) in [6.45, 7) is 0.